The lowest BCUT2D eigenvalue weighted by atomic mass is 10.2. The third-order valence-corrected chi connectivity index (χ3v) is 8.78. The van der Waals surface area contributed by atoms with Crippen molar-refractivity contribution in [2.75, 3.05) is 36.6 Å². The molecule has 0 aliphatic rings. The molecule has 0 aliphatic heterocycles. The number of esters is 1. The molecule has 0 aliphatic carbocycles. The van der Waals surface area contributed by atoms with Gasteiger partial charge in [0.15, 0.2) is 19.8 Å². The topological polar surface area (TPSA) is 146 Å². The van der Waals surface area contributed by atoms with E-state index in [1.54, 1.807) is 35.1 Å². The summed E-state index contributed by atoms with van der Waals surface area (Å²) in [5, 5.41) is 4.49. The average Bonchev–Trinajstić information content (AvgIpc) is 3.52. The monoisotopic (exact) mass is 616 g/mol. The van der Waals surface area contributed by atoms with Gasteiger partial charge in [0, 0.05) is 24.1 Å². The second kappa shape index (κ2) is 13.8. The van der Waals surface area contributed by atoms with E-state index in [1.807, 2.05) is 37.3 Å². The molecule has 0 atom stereocenters. The highest BCUT2D eigenvalue weighted by Gasteiger charge is 2.22. The Labute approximate surface area is 244 Å². The first-order valence-corrected chi connectivity index (χ1v) is 16.2. The van der Waals surface area contributed by atoms with Crippen molar-refractivity contribution in [3.05, 3.63) is 64.3 Å². The number of carbonyl (C=O) groups is 3. The number of sulfone groups is 1. The molecule has 0 unspecified atom stereocenters. The molecule has 14 heteroatoms. The van der Waals surface area contributed by atoms with Crippen molar-refractivity contribution in [3.63, 3.8) is 0 Å². The van der Waals surface area contributed by atoms with Gasteiger partial charge in [-0.25, -0.2) is 18.2 Å². The molecule has 11 nitrogen and oxygen atoms in total. The number of ether oxygens (including phenoxy) is 2. The van der Waals surface area contributed by atoms with Crippen molar-refractivity contribution >= 4 is 65.6 Å². The number of anilines is 1. The van der Waals surface area contributed by atoms with Crippen LogP contribution >= 0.6 is 22.7 Å². The molecule has 0 bridgehead atoms. The molecule has 41 heavy (non-hydrogen) atoms. The lowest BCUT2D eigenvalue weighted by molar-refractivity contribution is -0.115. The van der Waals surface area contributed by atoms with E-state index in [1.165, 1.54) is 11.3 Å². The second-order valence-corrected chi connectivity index (χ2v) is 12.6. The number of nitrogens with one attached hydrogen (secondary N) is 1. The van der Waals surface area contributed by atoms with Crippen LogP contribution in [0.1, 0.15) is 24.2 Å². The summed E-state index contributed by atoms with van der Waals surface area (Å²) in [4.78, 5) is 46.0. The largest absolute Gasteiger partial charge is 0.462 e. The van der Waals surface area contributed by atoms with Gasteiger partial charge < -0.3 is 19.4 Å². The SMILES string of the molecule is CCOCCn1c(=NC(=O)CS(=O)(=O)CC(=O)Nc2nc(-c3ccccc3)cs2)sc2cc(C(=O)OCC)ccc21. The molecule has 2 amide bonds. The van der Waals surface area contributed by atoms with Gasteiger partial charge in [-0.2, -0.15) is 4.99 Å². The maximum absolute atomic E-state index is 12.7. The highest BCUT2D eigenvalue weighted by atomic mass is 32.2. The molecule has 0 saturated heterocycles. The van der Waals surface area contributed by atoms with Gasteiger partial charge in [-0.05, 0) is 32.0 Å². The Balaban J connectivity index is 1.48. The summed E-state index contributed by atoms with van der Waals surface area (Å²) >= 11 is 2.30. The number of nitrogens with zero attached hydrogens (tertiary/aromatic N) is 3. The molecule has 0 fully saturated rings. The molecular formula is C27H28N4O7S3. The average molecular weight is 617 g/mol. The molecular weight excluding hydrogens is 589 g/mol. The fraction of sp³-hybridized carbons (Fsp3) is 0.296. The molecule has 1 N–H and O–H groups in total. The molecule has 2 heterocycles. The fourth-order valence-corrected chi connectivity index (χ4v) is 6.69. The number of hydrogen-bond acceptors (Lipinski definition) is 10. The van der Waals surface area contributed by atoms with Crippen molar-refractivity contribution in [1.82, 2.24) is 9.55 Å². The van der Waals surface area contributed by atoms with E-state index >= 15 is 0 Å². The smallest absolute Gasteiger partial charge is 0.338 e. The Bertz CT molecular complexity index is 1720. The van der Waals surface area contributed by atoms with Crippen LogP contribution in [0, 0.1) is 0 Å². The van der Waals surface area contributed by atoms with Gasteiger partial charge in [0.1, 0.15) is 11.5 Å². The van der Waals surface area contributed by atoms with E-state index in [0.29, 0.717) is 41.2 Å². The summed E-state index contributed by atoms with van der Waals surface area (Å²) < 4.78 is 38.3. The number of aromatic nitrogens is 2. The summed E-state index contributed by atoms with van der Waals surface area (Å²) in [5.74, 6) is -4.03. The van der Waals surface area contributed by atoms with Crippen molar-refractivity contribution in [2.24, 2.45) is 4.99 Å². The minimum Gasteiger partial charge on any atom is -0.462 e. The Hall–Kier alpha value is -3.72. The fourth-order valence-electron chi connectivity index (χ4n) is 3.82. The number of hydrogen-bond donors (Lipinski definition) is 1. The maximum Gasteiger partial charge on any atom is 0.338 e. The van der Waals surface area contributed by atoms with Crippen LogP contribution in [-0.4, -0.2) is 67.1 Å². The van der Waals surface area contributed by atoms with E-state index in [4.69, 9.17) is 9.47 Å². The van der Waals surface area contributed by atoms with Gasteiger partial charge in [0.25, 0.3) is 5.91 Å². The zero-order chi connectivity index (χ0) is 29.4. The molecule has 0 radical (unpaired) electrons. The number of amides is 2. The lowest BCUT2D eigenvalue weighted by Gasteiger charge is -2.06. The molecule has 216 valence electrons. The standard InChI is InChI=1S/C27H28N4O7S3/c1-3-37-13-12-31-21-11-10-19(25(34)38-4-2)14-22(21)40-27(31)30-24(33)17-41(35,36)16-23(32)29-26-28-20(15-39-26)18-8-6-5-7-9-18/h5-11,14-15H,3-4,12-13,16-17H2,1-2H3,(H,28,29,32). The van der Waals surface area contributed by atoms with E-state index in [-0.39, 0.29) is 16.5 Å². The van der Waals surface area contributed by atoms with Crippen LogP contribution in [0.2, 0.25) is 0 Å². The van der Waals surface area contributed by atoms with Gasteiger partial charge in [-0.3, -0.25) is 9.59 Å². The first-order chi connectivity index (χ1) is 19.7. The predicted molar refractivity (Wildman–Crippen MR) is 158 cm³/mol. The van der Waals surface area contributed by atoms with Crippen LogP contribution in [0.15, 0.2) is 58.9 Å². The molecule has 2 aromatic heterocycles. The van der Waals surface area contributed by atoms with Crippen molar-refractivity contribution in [3.8, 4) is 11.3 Å². The number of carbonyl (C=O) groups excluding carboxylic acids is 3. The molecule has 0 saturated carbocycles. The maximum atomic E-state index is 12.7. The third kappa shape index (κ3) is 8.16. The minimum atomic E-state index is -4.12. The van der Waals surface area contributed by atoms with Gasteiger partial charge >= 0.3 is 5.97 Å². The van der Waals surface area contributed by atoms with E-state index in [0.717, 1.165) is 16.9 Å². The highest BCUT2D eigenvalue weighted by molar-refractivity contribution is 7.92. The summed E-state index contributed by atoms with van der Waals surface area (Å²) in [6.45, 7) is 4.99. The van der Waals surface area contributed by atoms with E-state index < -0.39 is 39.1 Å². The summed E-state index contributed by atoms with van der Waals surface area (Å²) in [5.41, 5.74) is 2.56. The van der Waals surface area contributed by atoms with Gasteiger partial charge in [0.05, 0.1) is 34.7 Å². The summed E-state index contributed by atoms with van der Waals surface area (Å²) in [6, 6.07) is 14.3. The second-order valence-electron chi connectivity index (χ2n) is 8.63. The Morgan fingerprint density at radius 1 is 1.05 bits per heavy atom. The van der Waals surface area contributed by atoms with Crippen molar-refractivity contribution < 1.29 is 32.3 Å². The molecule has 0 spiro atoms. The van der Waals surface area contributed by atoms with Crippen LogP contribution < -0.4 is 10.1 Å². The van der Waals surface area contributed by atoms with Crippen LogP contribution in [0.5, 0.6) is 0 Å². The van der Waals surface area contributed by atoms with Gasteiger partial charge in [-0.15, -0.1) is 11.3 Å². The highest BCUT2D eigenvalue weighted by Crippen LogP contribution is 2.24. The summed E-state index contributed by atoms with van der Waals surface area (Å²) in [6.07, 6.45) is 0. The number of rotatable bonds is 12. The molecule has 4 aromatic rings. The van der Waals surface area contributed by atoms with Crippen molar-refractivity contribution in [2.45, 2.75) is 20.4 Å². The normalized spacial score (nSPS) is 12.0. The minimum absolute atomic E-state index is 0.232. The van der Waals surface area contributed by atoms with Crippen LogP contribution in [-0.2, 0) is 35.4 Å². The molecule has 2 aromatic carbocycles. The van der Waals surface area contributed by atoms with Crippen molar-refractivity contribution in [1.29, 1.82) is 0 Å². The van der Waals surface area contributed by atoms with Gasteiger partial charge in [-0.1, -0.05) is 41.7 Å². The number of fused-ring (bicyclic) bond motifs is 1. The number of benzene rings is 2. The van der Waals surface area contributed by atoms with Crippen LogP contribution in [0.25, 0.3) is 21.5 Å². The first-order valence-electron chi connectivity index (χ1n) is 12.7. The van der Waals surface area contributed by atoms with Gasteiger partial charge in [0.2, 0.25) is 5.91 Å². The Morgan fingerprint density at radius 2 is 1.83 bits per heavy atom. The van der Waals surface area contributed by atoms with Crippen LogP contribution in [0.4, 0.5) is 5.13 Å². The molecule has 4 rings (SSSR count). The van der Waals surface area contributed by atoms with Crippen LogP contribution in [0.3, 0.4) is 0 Å². The lowest BCUT2D eigenvalue weighted by Crippen LogP contribution is -2.28. The zero-order valence-corrected chi connectivity index (χ0v) is 24.8. The third-order valence-electron chi connectivity index (χ3n) is 5.59. The zero-order valence-electron chi connectivity index (χ0n) is 22.4. The van der Waals surface area contributed by atoms with E-state index in [9.17, 15) is 22.8 Å². The van der Waals surface area contributed by atoms with E-state index in [2.05, 4.69) is 15.3 Å². The number of thiazole rings is 2. The summed E-state index contributed by atoms with van der Waals surface area (Å²) in [7, 11) is -4.12. The Morgan fingerprint density at radius 3 is 2.56 bits per heavy atom. The predicted octanol–water partition coefficient (Wildman–Crippen LogP) is 3.52. The quantitative estimate of drug-likeness (QED) is 0.188. The first kappa shape index (κ1) is 30.2. The Kier molecular flexibility index (Phi) is 10.2.